The van der Waals surface area contributed by atoms with E-state index in [1.165, 1.54) is 11.1 Å². The highest BCUT2D eigenvalue weighted by Gasteiger charge is 2.27. The first kappa shape index (κ1) is 20.1. The summed E-state index contributed by atoms with van der Waals surface area (Å²) < 4.78 is 0. The van der Waals surface area contributed by atoms with E-state index in [1.807, 2.05) is 12.1 Å². The molecule has 152 valence electrons. The molecule has 0 spiro atoms. The van der Waals surface area contributed by atoms with Gasteiger partial charge in [0, 0.05) is 35.9 Å². The molecule has 0 N–H and O–H groups in total. The minimum absolute atomic E-state index is 0.0468. The predicted molar refractivity (Wildman–Crippen MR) is 123 cm³/mol. The largest absolute Gasteiger partial charge is 0.237 e. The van der Waals surface area contributed by atoms with Gasteiger partial charge in [-0.3, -0.25) is 0 Å². The molecule has 0 saturated heterocycles. The fraction of sp³-hybridized carbons (Fsp3) is 0.308. The van der Waals surface area contributed by atoms with Crippen LogP contribution in [0.5, 0.6) is 0 Å². The minimum Gasteiger partial charge on any atom is -0.237 e. The molecule has 0 radical (unpaired) electrons. The summed E-state index contributed by atoms with van der Waals surface area (Å²) >= 11 is 0. The SMILES string of the molecule is CC(C)(C)c1ccc2c(-c3ncccn3)c(C(C)(C)C)ccc2c1-c1ncccn1. The summed E-state index contributed by atoms with van der Waals surface area (Å²) in [6.45, 7) is 13.4. The second-order valence-electron chi connectivity index (χ2n) is 9.72. The van der Waals surface area contributed by atoms with E-state index in [2.05, 4.69) is 85.7 Å². The van der Waals surface area contributed by atoms with Crippen molar-refractivity contribution in [2.45, 2.75) is 52.4 Å². The fourth-order valence-corrected chi connectivity index (χ4v) is 3.99. The molecule has 4 aromatic rings. The molecule has 4 heteroatoms. The highest BCUT2D eigenvalue weighted by atomic mass is 14.9. The molecule has 0 aliphatic carbocycles. The molecule has 0 fully saturated rings. The van der Waals surface area contributed by atoms with Gasteiger partial charge in [-0.05, 0) is 44.9 Å². The summed E-state index contributed by atoms with van der Waals surface area (Å²) in [5.41, 5.74) is 4.52. The van der Waals surface area contributed by atoms with Crippen molar-refractivity contribution in [1.29, 1.82) is 0 Å². The highest BCUT2D eigenvalue weighted by molar-refractivity contribution is 6.05. The standard InChI is InChI=1S/C26H28N4/c1-25(2,3)19-11-9-18-17(21(19)23-27-13-7-14-28-23)10-12-20(26(4,5)6)22(18)24-29-15-8-16-30-24/h7-16H,1-6H3. The summed E-state index contributed by atoms with van der Waals surface area (Å²) in [5.74, 6) is 1.49. The van der Waals surface area contributed by atoms with Gasteiger partial charge in [0.1, 0.15) is 0 Å². The van der Waals surface area contributed by atoms with Crippen molar-refractivity contribution in [1.82, 2.24) is 19.9 Å². The zero-order valence-electron chi connectivity index (χ0n) is 18.6. The molecular weight excluding hydrogens is 368 g/mol. The summed E-state index contributed by atoms with van der Waals surface area (Å²) in [6, 6.07) is 12.6. The van der Waals surface area contributed by atoms with Crippen molar-refractivity contribution in [3.05, 3.63) is 72.3 Å². The van der Waals surface area contributed by atoms with Gasteiger partial charge < -0.3 is 0 Å². The number of fused-ring (bicyclic) bond motifs is 1. The van der Waals surface area contributed by atoms with E-state index in [-0.39, 0.29) is 10.8 Å². The van der Waals surface area contributed by atoms with Gasteiger partial charge >= 0.3 is 0 Å². The Morgan fingerprint density at radius 1 is 0.500 bits per heavy atom. The van der Waals surface area contributed by atoms with Gasteiger partial charge in [0.15, 0.2) is 11.6 Å². The van der Waals surface area contributed by atoms with Crippen molar-refractivity contribution in [3.63, 3.8) is 0 Å². The summed E-state index contributed by atoms with van der Waals surface area (Å²) in [7, 11) is 0. The first-order valence-corrected chi connectivity index (χ1v) is 10.3. The van der Waals surface area contributed by atoms with E-state index < -0.39 is 0 Å². The maximum absolute atomic E-state index is 4.60. The van der Waals surface area contributed by atoms with E-state index in [0.29, 0.717) is 0 Å². The smallest absolute Gasteiger partial charge is 0.160 e. The van der Waals surface area contributed by atoms with Crippen LogP contribution >= 0.6 is 0 Å². The average Bonchev–Trinajstić information content (AvgIpc) is 2.72. The Balaban J connectivity index is 2.17. The summed E-state index contributed by atoms with van der Waals surface area (Å²) in [4.78, 5) is 18.4. The molecule has 0 bridgehead atoms. The first-order chi connectivity index (χ1) is 14.2. The van der Waals surface area contributed by atoms with Crippen LogP contribution in [0.3, 0.4) is 0 Å². The van der Waals surface area contributed by atoms with Crippen LogP contribution < -0.4 is 0 Å². The Hall–Kier alpha value is -3.14. The summed E-state index contributed by atoms with van der Waals surface area (Å²) in [6.07, 6.45) is 7.22. The maximum atomic E-state index is 4.60. The third-order valence-corrected chi connectivity index (χ3v) is 5.40. The van der Waals surface area contributed by atoms with Gasteiger partial charge in [-0.1, -0.05) is 65.8 Å². The molecule has 0 atom stereocenters. The van der Waals surface area contributed by atoms with Gasteiger partial charge in [-0.25, -0.2) is 19.9 Å². The Morgan fingerprint density at radius 3 is 1.13 bits per heavy atom. The van der Waals surface area contributed by atoms with Crippen LogP contribution in [0.25, 0.3) is 33.5 Å². The second kappa shape index (κ2) is 7.28. The lowest BCUT2D eigenvalue weighted by Crippen LogP contribution is -2.16. The molecule has 2 aromatic carbocycles. The molecule has 4 rings (SSSR count). The Morgan fingerprint density at radius 2 is 0.833 bits per heavy atom. The zero-order valence-corrected chi connectivity index (χ0v) is 18.6. The van der Waals surface area contributed by atoms with Crippen molar-refractivity contribution >= 4 is 10.8 Å². The zero-order chi connectivity index (χ0) is 21.5. The molecule has 0 aliphatic rings. The monoisotopic (exact) mass is 396 g/mol. The molecule has 0 aliphatic heterocycles. The Bertz CT molecular complexity index is 1090. The Kier molecular flexibility index (Phi) is 4.89. The lowest BCUT2D eigenvalue weighted by atomic mass is 9.78. The minimum atomic E-state index is -0.0468. The number of rotatable bonds is 2. The van der Waals surface area contributed by atoms with Crippen LogP contribution in [0.4, 0.5) is 0 Å². The quantitative estimate of drug-likeness (QED) is 0.396. The lowest BCUT2D eigenvalue weighted by molar-refractivity contribution is 0.590. The second-order valence-corrected chi connectivity index (χ2v) is 9.72. The molecule has 2 heterocycles. The maximum Gasteiger partial charge on any atom is 0.160 e. The van der Waals surface area contributed by atoms with E-state index in [4.69, 9.17) is 0 Å². The third-order valence-electron chi connectivity index (χ3n) is 5.40. The Labute approximate surface area is 178 Å². The van der Waals surface area contributed by atoms with Gasteiger partial charge in [0.25, 0.3) is 0 Å². The molecule has 0 amide bonds. The molecule has 0 saturated carbocycles. The topological polar surface area (TPSA) is 51.6 Å². The van der Waals surface area contributed by atoms with E-state index in [9.17, 15) is 0 Å². The van der Waals surface area contributed by atoms with E-state index in [1.54, 1.807) is 24.8 Å². The van der Waals surface area contributed by atoms with Gasteiger partial charge in [-0.15, -0.1) is 0 Å². The van der Waals surface area contributed by atoms with Gasteiger partial charge in [-0.2, -0.15) is 0 Å². The van der Waals surface area contributed by atoms with Crippen LogP contribution in [-0.2, 0) is 10.8 Å². The van der Waals surface area contributed by atoms with E-state index in [0.717, 1.165) is 33.5 Å². The number of nitrogens with zero attached hydrogens (tertiary/aromatic N) is 4. The van der Waals surface area contributed by atoms with Crippen LogP contribution in [0.1, 0.15) is 52.7 Å². The van der Waals surface area contributed by atoms with Crippen molar-refractivity contribution in [3.8, 4) is 22.8 Å². The number of hydrogen-bond acceptors (Lipinski definition) is 4. The van der Waals surface area contributed by atoms with Crippen molar-refractivity contribution < 1.29 is 0 Å². The predicted octanol–water partition coefficient (Wildman–Crippen LogP) is 6.35. The number of hydrogen-bond donors (Lipinski definition) is 0. The van der Waals surface area contributed by atoms with Crippen molar-refractivity contribution in [2.75, 3.05) is 0 Å². The normalized spacial score (nSPS) is 12.3. The van der Waals surface area contributed by atoms with Crippen molar-refractivity contribution in [2.24, 2.45) is 0 Å². The lowest BCUT2D eigenvalue weighted by Gasteiger charge is -2.27. The number of aromatic nitrogens is 4. The van der Waals surface area contributed by atoms with Crippen LogP contribution in [0.2, 0.25) is 0 Å². The van der Waals surface area contributed by atoms with Gasteiger partial charge in [0.2, 0.25) is 0 Å². The molecule has 0 unspecified atom stereocenters. The molecule has 4 nitrogen and oxygen atoms in total. The molecular formula is C26H28N4. The van der Waals surface area contributed by atoms with Gasteiger partial charge in [0.05, 0.1) is 0 Å². The summed E-state index contributed by atoms with van der Waals surface area (Å²) in [5, 5.41) is 2.26. The molecule has 2 aromatic heterocycles. The van der Waals surface area contributed by atoms with E-state index >= 15 is 0 Å². The first-order valence-electron chi connectivity index (χ1n) is 10.3. The third kappa shape index (κ3) is 3.58. The number of benzene rings is 2. The fourth-order valence-electron chi connectivity index (χ4n) is 3.99. The van der Waals surface area contributed by atoms with Crippen LogP contribution in [0.15, 0.2) is 61.2 Å². The van der Waals surface area contributed by atoms with Crippen LogP contribution in [0, 0.1) is 0 Å². The highest BCUT2D eigenvalue weighted by Crippen LogP contribution is 2.43. The molecule has 30 heavy (non-hydrogen) atoms. The average molecular weight is 397 g/mol. The van der Waals surface area contributed by atoms with Crippen LogP contribution in [-0.4, -0.2) is 19.9 Å².